The molecular formula is C25H37N3O3S. The van der Waals surface area contributed by atoms with Gasteiger partial charge in [-0.25, -0.2) is 4.98 Å². The molecule has 0 spiro atoms. The highest BCUT2D eigenvalue weighted by atomic mass is 32.1. The quantitative estimate of drug-likeness (QED) is 0.568. The van der Waals surface area contributed by atoms with Crippen LogP contribution in [-0.4, -0.2) is 46.0 Å². The van der Waals surface area contributed by atoms with Crippen LogP contribution in [0.1, 0.15) is 64.6 Å². The minimum atomic E-state index is -0.326. The van der Waals surface area contributed by atoms with E-state index in [4.69, 9.17) is 0 Å². The summed E-state index contributed by atoms with van der Waals surface area (Å²) in [6, 6.07) is 8.35. The predicted molar refractivity (Wildman–Crippen MR) is 130 cm³/mol. The van der Waals surface area contributed by atoms with Crippen LogP contribution in [0.25, 0.3) is 10.4 Å². The Morgan fingerprint density at radius 2 is 2.03 bits per heavy atom. The van der Waals surface area contributed by atoms with Crippen LogP contribution in [0.15, 0.2) is 29.8 Å². The van der Waals surface area contributed by atoms with E-state index in [0.29, 0.717) is 25.9 Å². The molecule has 1 aliphatic rings. The van der Waals surface area contributed by atoms with Gasteiger partial charge in [-0.1, -0.05) is 51.5 Å². The molecule has 0 bridgehead atoms. The first-order valence-corrected chi connectivity index (χ1v) is 12.2. The first kappa shape index (κ1) is 26.0. The number of rotatable bonds is 8. The average Bonchev–Trinajstić information content (AvgIpc) is 3.31. The minimum Gasteiger partial charge on any atom is -0.391 e. The van der Waals surface area contributed by atoms with E-state index >= 15 is 0 Å². The average molecular weight is 460 g/mol. The van der Waals surface area contributed by atoms with Crippen molar-refractivity contribution in [2.45, 2.75) is 79.0 Å². The molecule has 1 aliphatic heterocycles. The smallest absolute Gasteiger partial charge is 0.223 e. The number of hydrogen-bond acceptors (Lipinski definition) is 5. The molecule has 0 saturated carbocycles. The molecule has 1 saturated heterocycles. The van der Waals surface area contributed by atoms with Crippen LogP contribution in [0.2, 0.25) is 0 Å². The summed E-state index contributed by atoms with van der Waals surface area (Å²) in [5.74, 6) is 0.197. The molecule has 1 fully saturated rings. The molecule has 1 aromatic heterocycles. The van der Waals surface area contributed by atoms with E-state index in [1.807, 2.05) is 36.4 Å². The lowest BCUT2D eigenvalue weighted by Gasteiger charge is -2.28. The predicted octanol–water partition coefficient (Wildman–Crippen LogP) is 4.55. The molecule has 6 nitrogen and oxygen atoms in total. The number of nitrogens with zero attached hydrogens (tertiary/aromatic N) is 2. The molecule has 176 valence electrons. The highest BCUT2D eigenvalue weighted by Gasteiger charge is 2.33. The van der Waals surface area contributed by atoms with E-state index in [1.54, 1.807) is 11.3 Å². The van der Waals surface area contributed by atoms with Gasteiger partial charge in [-0.2, -0.15) is 0 Å². The van der Waals surface area contributed by atoms with Crippen LogP contribution in [0.4, 0.5) is 0 Å². The van der Waals surface area contributed by atoms with Gasteiger partial charge >= 0.3 is 0 Å². The number of benzene rings is 1. The SMILES string of the molecule is CCCC(C)(C)CC(=O)N1CC(O)C[C@H]1C.Cc1ncsc1-c1ccc(CNC=O)cc1. The minimum absolute atomic E-state index is 0.0824. The fourth-order valence-corrected chi connectivity index (χ4v) is 4.95. The van der Waals surface area contributed by atoms with E-state index in [9.17, 15) is 14.7 Å². The van der Waals surface area contributed by atoms with Gasteiger partial charge in [-0.15, -0.1) is 11.3 Å². The van der Waals surface area contributed by atoms with Crippen molar-refractivity contribution in [1.82, 2.24) is 15.2 Å². The van der Waals surface area contributed by atoms with Crippen molar-refractivity contribution in [3.63, 3.8) is 0 Å². The summed E-state index contributed by atoms with van der Waals surface area (Å²) in [5.41, 5.74) is 5.27. The standard InChI is InChI=1S/C13H25NO2.C12H12N2OS/c1-5-6-13(3,4)8-12(16)14-9-11(15)7-10(14)2;1-9-12(16-8-14-9)11-4-2-10(3-5-11)6-13-7-15/h10-11,15H,5-9H2,1-4H3;2-5,7-8H,6H2,1H3,(H,13,15)/t10-,11?;/m1./s1. The number of amides is 2. The second-order valence-corrected chi connectivity index (χ2v) is 10.2. The highest BCUT2D eigenvalue weighted by Crippen LogP contribution is 2.29. The van der Waals surface area contributed by atoms with E-state index in [1.165, 1.54) is 10.4 Å². The van der Waals surface area contributed by atoms with Crippen LogP contribution in [-0.2, 0) is 16.1 Å². The van der Waals surface area contributed by atoms with Crippen LogP contribution in [0.3, 0.4) is 0 Å². The van der Waals surface area contributed by atoms with Crippen LogP contribution < -0.4 is 5.32 Å². The maximum Gasteiger partial charge on any atom is 0.223 e. The number of thiazole rings is 1. The Morgan fingerprint density at radius 1 is 1.34 bits per heavy atom. The first-order chi connectivity index (χ1) is 15.2. The molecule has 7 heteroatoms. The van der Waals surface area contributed by atoms with E-state index in [-0.39, 0.29) is 23.5 Å². The van der Waals surface area contributed by atoms with Crippen molar-refractivity contribution < 1.29 is 14.7 Å². The Bertz CT molecular complexity index is 864. The lowest BCUT2D eigenvalue weighted by molar-refractivity contribution is -0.134. The second kappa shape index (κ2) is 12.1. The molecule has 2 heterocycles. The number of likely N-dealkylation sites (tertiary alicyclic amines) is 1. The number of aryl methyl sites for hydroxylation is 1. The zero-order valence-corrected chi connectivity index (χ0v) is 20.7. The molecule has 3 rings (SSSR count). The molecule has 2 amide bonds. The number of aromatic nitrogens is 1. The maximum atomic E-state index is 12.1. The Balaban J connectivity index is 0.000000227. The van der Waals surface area contributed by atoms with Gasteiger partial charge < -0.3 is 15.3 Å². The molecule has 0 aliphatic carbocycles. The van der Waals surface area contributed by atoms with Crippen molar-refractivity contribution in [2.24, 2.45) is 5.41 Å². The fourth-order valence-electron chi connectivity index (χ4n) is 4.14. The van der Waals surface area contributed by atoms with Crippen molar-refractivity contribution >= 4 is 23.7 Å². The van der Waals surface area contributed by atoms with Crippen LogP contribution in [0.5, 0.6) is 0 Å². The third-order valence-corrected chi connectivity index (χ3v) is 6.76. The van der Waals surface area contributed by atoms with E-state index in [2.05, 4.69) is 43.2 Å². The van der Waals surface area contributed by atoms with Crippen molar-refractivity contribution in [2.75, 3.05) is 6.54 Å². The molecule has 2 aromatic rings. The highest BCUT2D eigenvalue weighted by molar-refractivity contribution is 7.13. The molecule has 2 N–H and O–H groups in total. The monoisotopic (exact) mass is 459 g/mol. The number of carbonyl (C=O) groups excluding carboxylic acids is 2. The Kier molecular flexibility index (Phi) is 9.84. The summed E-state index contributed by atoms with van der Waals surface area (Å²) < 4.78 is 0. The number of β-amino-alcohol motifs (C(OH)–C–C–N with tert-alkyl or cyclic N) is 1. The van der Waals surface area contributed by atoms with Gasteiger partial charge in [0.1, 0.15) is 0 Å². The molecule has 2 atom stereocenters. The molecule has 32 heavy (non-hydrogen) atoms. The molecule has 0 radical (unpaired) electrons. The Hall–Kier alpha value is -2.25. The lowest BCUT2D eigenvalue weighted by Crippen LogP contribution is -2.37. The van der Waals surface area contributed by atoms with Gasteiger partial charge in [-0.3, -0.25) is 9.59 Å². The summed E-state index contributed by atoms with van der Waals surface area (Å²) in [5, 5.41) is 12.2. The van der Waals surface area contributed by atoms with Gasteiger partial charge in [0.15, 0.2) is 0 Å². The Labute approximate surface area is 196 Å². The molecule has 1 aromatic carbocycles. The van der Waals surface area contributed by atoms with Gasteiger partial charge in [0, 0.05) is 25.6 Å². The summed E-state index contributed by atoms with van der Waals surface area (Å²) >= 11 is 1.64. The van der Waals surface area contributed by atoms with Gasteiger partial charge in [-0.05, 0) is 43.2 Å². The summed E-state index contributed by atoms with van der Waals surface area (Å²) in [4.78, 5) is 29.5. The topological polar surface area (TPSA) is 82.5 Å². The lowest BCUT2D eigenvalue weighted by atomic mass is 9.84. The van der Waals surface area contributed by atoms with Gasteiger partial charge in [0.05, 0.1) is 22.2 Å². The van der Waals surface area contributed by atoms with E-state index < -0.39 is 0 Å². The Morgan fingerprint density at radius 3 is 2.53 bits per heavy atom. The van der Waals surface area contributed by atoms with E-state index in [0.717, 1.165) is 30.5 Å². The van der Waals surface area contributed by atoms with Crippen molar-refractivity contribution in [3.8, 4) is 10.4 Å². The normalized spacial score (nSPS) is 18.1. The third-order valence-electron chi connectivity index (χ3n) is 5.78. The summed E-state index contributed by atoms with van der Waals surface area (Å²) in [6.07, 6.45) is 3.88. The zero-order chi connectivity index (χ0) is 23.7. The zero-order valence-electron chi connectivity index (χ0n) is 19.9. The fraction of sp³-hybridized carbons (Fsp3) is 0.560. The van der Waals surface area contributed by atoms with Crippen molar-refractivity contribution in [1.29, 1.82) is 0 Å². The van der Waals surface area contributed by atoms with Gasteiger partial charge in [0.2, 0.25) is 12.3 Å². The largest absolute Gasteiger partial charge is 0.391 e. The first-order valence-electron chi connectivity index (χ1n) is 11.3. The van der Waals surface area contributed by atoms with Crippen molar-refractivity contribution in [3.05, 3.63) is 41.0 Å². The number of hydrogen-bond donors (Lipinski definition) is 2. The number of aliphatic hydroxyl groups excluding tert-OH is 1. The van der Waals surface area contributed by atoms with Crippen LogP contribution in [0, 0.1) is 12.3 Å². The number of nitrogens with one attached hydrogen (secondary N) is 1. The second-order valence-electron chi connectivity index (χ2n) is 9.34. The number of aliphatic hydroxyl groups is 1. The molecule has 1 unspecified atom stereocenters. The number of carbonyl (C=O) groups is 2. The molecular weight excluding hydrogens is 422 g/mol. The summed E-state index contributed by atoms with van der Waals surface area (Å²) in [6.45, 7) is 11.5. The maximum absolute atomic E-state index is 12.1. The third kappa shape index (κ3) is 7.71. The van der Waals surface area contributed by atoms with Gasteiger partial charge in [0.25, 0.3) is 0 Å². The summed E-state index contributed by atoms with van der Waals surface area (Å²) in [7, 11) is 0. The van der Waals surface area contributed by atoms with Crippen LogP contribution >= 0.6 is 11.3 Å².